The fourth-order valence-electron chi connectivity index (χ4n) is 2.17. The predicted octanol–water partition coefficient (Wildman–Crippen LogP) is 0.475. The Hall–Kier alpha value is -3.36. The molecule has 122 valence electrons. The van der Waals surface area contributed by atoms with Gasteiger partial charge in [0, 0.05) is 18.0 Å². The number of carbonyl (C=O) groups is 1. The van der Waals surface area contributed by atoms with E-state index in [-0.39, 0.29) is 12.1 Å². The van der Waals surface area contributed by atoms with Crippen LogP contribution in [0.3, 0.4) is 0 Å². The van der Waals surface area contributed by atoms with Gasteiger partial charge < -0.3 is 5.32 Å². The zero-order chi connectivity index (χ0) is 17.1. The lowest BCUT2D eigenvalue weighted by molar-refractivity contribution is -0.117. The molecule has 3 rings (SSSR count). The zero-order valence-corrected chi connectivity index (χ0v) is 13.2. The van der Waals surface area contributed by atoms with Crippen molar-refractivity contribution in [3.63, 3.8) is 0 Å². The molecular weight excluding hydrogens is 310 g/mol. The first-order chi connectivity index (χ1) is 11.5. The highest BCUT2D eigenvalue weighted by molar-refractivity contribution is 5.90. The number of rotatable bonds is 4. The number of amides is 1. The molecule has 0 aliphatic heterocycles. The Morgan fingerprint density at radius 3 is 2.62 bits per heavy atom. The van der Waals surface area contributed by atoms with Crippen LogP contribution in [0.15, 0.2) is 41.6 Å². The van der Waals surface area contributed by atoms with Gasteiger partial charge in [-0.2, -0.15) is 10.2 Å². The normalized spacial score (nSPS) is 10.6. The first-order valence-corrected chi connectivity index (χ1v) is 7.20. The summed E-state index contributed by atoms with van der Waals surface area (Å²) in [4.78, 5) is 31.9. The summed E-state index contributed by atoms with van der Waals surface area (Å²) in [5.74, 6) is 0.0257. The van der Waals surface area contributed by atoms with Gasteiger partial charge in [0.2, 0.25) is 5.91 Å². The van der Waals surface area contributed by atoms with Crippen LogP contribution in [0, 0.1) is 13.8 Å². The first-order valence-electron chi connectivity index (χ1n) is 7.20. The van der Waals surface area contributed by atoms with Crippen molar-refractivity contribution in [1.82, 2.24) is 29.5 Å². The van der Waals surface area contributed by atoms with Crippen LogP contribution in [0.2, 0.25) is 0 Å². The van der Waals surface area contributed by atoms with Gasteiger partial charge in [-0.05, 0) is 26.0 Å². The number of aromatic nitrogens is 6. The van der Waals surface area contributed by atoms with Crippen molar-refractivity contribution in [2.75, 3.05) is 5.32 Å². The Bertz CT molecular complexity index is 927. The fraction of sp³-hybridized carbons (Fsp3) is 0.200. The van der Waals surface area contributed by atoms with Crippen molar-refractivity contribution in [1.29, 1.82) is 0 Å². The molecular formula is C15H15N7O2. The number of aryl methyl sites for hydroxylation is 2. The highest BCUT2D eigenvalue weighted by Gasteiger charge is 2.09. The van der Waals surface area contributed by atoms with Gasteiger partial charge in [-0.15, -0.1) is 0 Å². The van der Waals surface area contributed by atoms with E-state index in [4.69, 9.17) is 0 Å². The second-order valence-corrected chi connectivity index (χ2v) is 5.18. The summed E-state index contributed by atoms with van der Waals surface area (Å²) in [7, 11) is 0. The molecule has 0 spiro atoms. The Balaban J connectivity index is 1.70. The molecule has 1 amide bonds. The summed E-state index contributed by atoms with van der Waals surface area (Å²) in [6.07, 6.45) is 4.41. The van der Waals surface area contributed by atoms with Crippen molar-refractivity contribution in [2.45, 2.75) is 20.4 Å². The van der Waals surface area contributed by atoms with E-state index in [0.717, 1.165) is 16.1 Å². The van der Waals surface area contributed by atoms with Crippen LogP contribution >= 0.6 is 0 Å². The van der Waals surface area contributed by atoms with E-state index in [1.54, 1.807) is 4.68 Å². The molecule has 3 aromatic heterocycles. The Labute approximate surface area is 137 Å². The fourth-order valence-corrected chi connectivity index (χ4v) is 2.17. The number of hydrogen-bond donors (Lipinski definition) is 1. The highest BCUT2D eigenvalue weighted by atomic mass is 16.2. The monoisotopic (exact) mass is 325 g/mol. The molecule has 0 fully saturated rings. The van der Waals surface area contributed by atoms with E-state index in [1.165, 1.54) is 30.7 Å². The molecule has 24 heavy (non-hydrogen) atoms. The quantitative estimate of drug-likeness (QED) is 0.747. The van der Waals surface area contributed by atoms with Crippen LogP contribution in [0.1, 0.15) is 11.4 Å². The van der Waals surface area contributed by atoms with Crippen LogP contribution < -0.4 is 10.9 Å². The first kappa shape index (κ1) is 15.5. The van der Waals surface area contributed by atoms with Gasteiger partial charge in [-0.25, -0.2) is 19.3 Å². The molecule has 1 N–H and O–H groups in total. The minimum Gasteiger partial charge on any atom is -0.322 e. The molecule has 0 aliphatic carbocycles. The Morgan fingerprint density at radius 2 is 2.00 bits per heavy atom. The molecule has 0 atom stereocenters. The molecule has 0 aliphatic rings. The second kappa shape index (κ2) is 6.41. The molecule has 0 radical (unpaired) electrons. The van der Waals surface area contributed by atoms with E-state index >= 15 is 0 Å². The lowest BCUT2D eigenvalue weighted by atomic mass is 10.4. The lowest BCUT2D eigenvalue weighted by Crippen LogP contribution is -2.28. The van der Waals surface area contributed by atoms with Crippen molar-refractivity contribution in [3.05, 3.63) is 58.5 Å². The van der Waals surface area contributed by atoms with E-state index in [2.05, 4.69) is 25.5 Å². The van der Waals surface area contributed by atoms with Crippen LogP contribution in [-0.4, -0.2) is 35.4 Å². The summed E-state index contributed by atoms with van der Waals surface area (Å²) >= 11 is 0. The van der Waals surface area contributed by atoms with Crippen LogP contribution in [0.4, 0.5) is 5.69 Å². The smallest absolute Gasteiger partial charge is 0.267 e. The molecule has 9 nitrogen and oxygen atoms in total. The zero-order valence-electron chi connectivity index (χ0n) is 13.2. The van der Waals surface area contributed by atoms with Crippen molar-refractivity contribution in [3.8, 4) is 5.95 Å². The van der Waals surface area contributed by atoms with E-state index in [0.29, 0.717) is 11.6 Å². The van der Waals surface area contributed by atoms with Crippen molar-refractivity contribution in [2.24, 2.45) is 0 Å². The minimum atomic E-state index is -0.390. The van der Waals surface area contributed by atoms with Crippen LogP contribution in [-0.2, 0) is 11.3 Å². The molecule has 0 saturated carbocycles. The van der Waals surface area contributed by atoms with Crippen LogP contribution in [0.5, 0.6) is 0 Å². The van der Waals surface area contributed by atoms with Gasteiger partial charge in [0.25, 0.3) is 11.5 Å². The standard InChI is InChI=1S/C15H15N7O2/c1-10-6-11(2)22(20-10)15-16-7-12(8-17-15)19-13(23)9-21-14(24)4-3-5-18-21/h3-8H,9H2,1-2H3,(H,19,23). The van der Waals surface area contributed by atoms with Crippen LogP contribution in [0.25, 0.3) is 5.95 Å². The molecule has 0 saturated heterocycles. The number of nitrogens with zero attached hydrogens (tertiary/aromatic N) is 6. The lowest BCUT2D eigenvalue weighted by Gasteiger charge is -2.07. The molecule has 0 unspecified atom stereocenters. The predicted molar refractivity (Wildman–Crippen MR) is 85.8 cm³/mol. The van der Waals surface area contributed by atoms with Crippen molar-refractivity contribution >= 4 is 11.6 Å². The third-order valence-corrected chi connectivity index (χ3v) is 3.20. The van der Waals surface area contributed by atoms with E-state index in [9.17, 15) is 9.59 Å². The Morgan fingerprint density at radius 1 is 1.25 bits per heavy atom. The van der Waals surface area contributed by atoms with Gasteiger partial charge in [0.05, 0.1) is 23.8 Å². The van der Waals surface area contributed by atoms with Gasteiger partial charge >= 0.3 is 0 Å². The summed E-state index contributed by atoms with van der Waals surface area (Å²) < 4.78 is 2.69. The van der Waals surface area contributed by atoms with Gasteiger partial charge in [0.15, 0.2) is 0 Å². The third-order valence-electron chi connectivity index (χ3n) is 3.20. The second-order valence-electron chi connectivity index (χ2n) is 5.18. The number of nitrogens with one attached hydrogen (secondary N) is 1. The molecule has 3 aromatic rings. The highest BCUT2D eigenvalue weighted by Crippen LogP contribution is 2.09. The Kier molecular flexibility index (Phi) is 4.15. The average molecular weight is 325 g/mol. The molecule has 0 aromatic carbocycles. The maximum atomic E-state index is 12.0. The van der Waals surface area contributed by atoms with E-state index in [1.807, 2.05) is 19.9 Å². The maximum Gasteiger partial charge on any atom is 0.267 e. The van der Waals surface area contributed by atoms with Gasteiger partial charge in [-0.1, -0.05) is 0 Å². The maximum absolute atomic E-state index is 12.0. The summed E-state index contributed by atoms with van der Waals surface area (Å²) in [6.45, 7) is 3.61. The third kappa shape index (κ3) is 3.35. The number of carbonyl (C=O) groups excluding carboxylic acids is 1. The number of anilines is 1. The largest absolute Gasteiger partial charge is 0.322 e. The molecule has 9 heteroatoms. The summed E-state index contributed by atoms with van der Waals surface area (Å²) in [6, 6.07) is 4.78. The van der Waals surface area contributed by atoms with E-state index < -0.39 is 5.91 Å². The number of hydrogen-bond acceptors (Lipinski definition) is 6. The summed E-state index contributed by atoms with van der Waals surface area (Å²) in [5.41, 5.74) is 1.87. The van der Waals surface area contributed by atoms with Crippen molar-refractivity contribution < 1.29 is 4.79 Å². The SMILES string of the molecule is Cc1cc(C)n(-c2ncc(NC(=O)Cn3ncccc3=O)cn2)n1. The average Bonchev–Trinajstić information content (AvgIpc) is 2.89. The van der Waals surface area contributed by atoms with Gasteiger partial charge in [-0.3, -0.25) is 9.59 Å². The molecule has 0 bridgehead atoms. The van der Waals surface area contributed by atoms with Gasteiger partial charge in [0.1, 0.15) is 6.54 Å². The minimum absolute atomic E-state index is 0.182. The summed E-state index contributed by atoms with van der Waals surface area (Å²) in [5, 5.41) is 10.7. The topological polar surface area (TPSA) is 108 Å². The molecule has 3 heterocycles.